The molecule has 5 heteroatoms. The van der Waals surface area contributed by atoms with E-state index in [0.717, 1.165) is 0 Å². The van der Waals surface area contributed by atoms with Crippen molar-refractivity contribution < 1.29 is 58.9 Å². The van der Waals surface area contributed by atoms with Gasteiger partial charge in [0.15, 0.2) is 0 Å². The van der Waals surface area contributed by atoms with E-state index in [9.17, 15) is 0 Å². The van der Waals surface area contributed by atoms with E-state index < -0.39 is 0 Å². The molecule has 1 aliphatic carbocycles. The fraction of sp³-hybridized carbons (Fsp3) is 0.444. The van der Waals surface area contributed by atoms with Crippen LogP contribution >= 0.6 is 0 Å². The molecule has 1 aliphatic rings. The first-order chi connectivity index (χ1) is 9.33. The molecular weight excluding hydrogens is 399 g/mol. The summed E-state index contributed by atoms with van der Waals surface area (Å²) in [5.74, 6) is 0. The molecule has 0 saturated heterocycles. The molecule has 0 nitrogen and oxygen atoms in total. The molecule has 0 saturated carbocycles. The minimum atomic E-state index is -0.275. The summed E-state index contributed by atoms with van der Waals surface area (Å²) < 4.78 is 0. The van der Waals surface area contributed by atoms with Crippen LogP contribution in [-0.4, -0.2) is 9.52 Å². The van der Waals surface area contributed by atoms with Gasteiger partial charge < -0.3 is 37.2 Å². The first-order valence-electron chi connectivity index (χ1n) is 7.70. The van der Waals surface area contributed by atoms with Gasteiger partial charge in [-0.1, -0.05) is 87.9 Å². The number of halogens is 3. The molecule has 0 aromatic heterocycles. The fourth-order valence-electron chi connectivity index (χ4n) is 2.79. The molecule has 0 atom stereocenters. The monoisotopic (exact) mass is 422 g/mol. The van der Waals surface area contributed by atoms with E-state index in [0.29, 0.717) is 0 Å². The van der Waals surface area contributed by atoms with E-state index in [2.05, 4.69) is 50.3 Å². The molecule has 0 N–H and O–H groups in total. The predicted octanol–water partition coefficient (Wildman–Crippen LogP) is -5.13. The molecule has 0 aliphatic heterocycles. The Morgan fingerprint density at radius 2 is 1.61 bits per heavy atom. The van der Waals surface area contributed by atoms with Crippen LogP contribution in [0.1, 0.15) is 52.4 Å². The SMILES string of the molecule is CCCCC1=C(CCC)CC([SiH2]c2ccccc2)=[C-]1.[Cl-].[Cl-].[Cl-].[Ti+4]. The van der Waals surface area contributed by atoms with Gasteiger partial charge in [-0.05, 0) is 0 Å². The van der Waals surface area contributed by atoms with Gasteiger partial charge in [-0.2, -0.15) is 5.20 Å². The van der Waals surface area contributed by atoms with Gasteiger partial charge in [0.05, 0.1) is 9.52 Å². The first kappa shape index (κ1) is 28.3. The minimum absolute atomic E-state index is 0. The van der Waals surface area contributed by atoms with Crippen molar-refractivity contribution in [2.45, 2.75) is 52.4 Å². The quantitative estimate of drug-likeness (QED) is 0.304. The fourth-order valence-corrected chi connectivity index (χ4v) is 4.52. The molecule has 0 heterocycles. The Morgan fingerprint density at radius 1 is 0.957 bits per heavy atom. The summed E-state index contributed by atoms with van der Waals surface area (Å²) in [6.07, 6.45) is 11.4. The Morgan fingerprint density at radius 3 is 2.17 bits per heavy atom. The molecule has 0 spiro atoms. The van der Waals surface area contributed by atoms with Crippen LogP contribution in [0.15, 0.2) is 46.7 Å². The standard InChI is InChI=1S/C18H25Si.3ClH.Ti/c1-3-5-10-16-14-18(13-15(16)9-4-2)19-17-11-7-6-8-12-17;;;;/h6-8,11-12H,3-5,9-10,13,19H2,1-2H3;3*1H;/q-1;;;;+4/p-3. The predicted molar refractivity (Wildman–Crippen MR) is 87.5 cm³/mol. The smallest absolute Gasteiger partial charge is 1.00 e. The Labute approximate surface area is 177 Å². The Balaban J connectivity index is -0.000001000. The number of hydrogen-bond acceptors (Lipinski definition) is 0. The maximum absolute atomic E-state index is 3.77. The minimum Gasteiger partial charge on any atom is -1.00 e. The average Bonchev–Trinajstić information content (AvgIpc) is 2.80. The first-order valence-corrected chi connectivity index (χ1v) is 9.11. The van der Waals surface area contributed by atoms with Crippen molar-refractivity contribution in [3.8, 4) is 0 Å². The zero-order valence-corrected chi connectivity index (χ0v) is 19.2. The average molecular weight is 424 g/mol. The van der Waals surface area contributed by atoms with Crippen LogP contribution < -0.4 is 42.4 Å². The zero-order chi connectivity index (χ0) is 13.5. The van der Waals surface area contributed by atoms with Gasteiger partial charge in [-0.3, -0.25) is 6.08 Å². The van der Waals surface area contributed by atoms with E-state index >= 15 is 0 Å². The van der Waals surface area contributed by atoms with Gasteiger partial charge in [-0.15, -0.1) is 0 Å². The molecule has 0 radical (unpaired) electrons. The zero-order valence-electron chi connectivity index (χ0n) is 14.0. The maximum atomic E-state index is 3.77. The summed E-state index contributed by atoms with van der Waals surface area (Å²) in [6.45, 7) is 4.56. The second kappa shape index (κ2) is 16.0. The van der Waals surface area contributed by atoms with Crippen molar-refractivity contribution in [1.29, 1.82) is 0 Å². The number of hydrogen-bond donors (Lipinski definition) is 0. The van der Waals surface area contributed by atoms with Crippen molar-refractivity contribution in [2.24, 2.45) is 0 Å². The summed E-state index contributed by atoms with van der Waals surface area (Å²) in [7, 11) is -0.275. The van der Waals surface area contributed by atoms with E-state index in [-0.39, 0.29) is 68.5 Å². The Bertz CT molecular complexity index is 472. The summed E-state index contributed by atoms with van der Waals surface area (Å²) in [5, 5.41) is 3.18. The summed E-state index contributed by atoms with van der Waals surface area (Å²) in [6, 6.07) is 11.0. The van der Waals surface area contributed by atoms with Crippen LogP contribution in [0.3, 0.4) is 0 Å². The van der Waals surface area contributed by atoms with Gasteiger partial charge in [0, 0.05) is 0 Å². The van der Waals surface area contributed by atoms with Crippen LogP contribution in [0.4, 0.5) is 0 Å². The van der Waals surface area contributed by atoms with Crippen LogP contribution in [-0.2, 0) is 21.7 Å². The van der Waals surface area contributed by atoms with Crippen LogP contribution in [0.25, 0.3) is 0 Å². The van der Waals surface area contributed by atoms with Gasteiger partial charge >= 0.3 is 21.7 Å². The van der Waals surface area contributed by atoms with Crippen LogP contribution in [0, 0.1) is 6.08 Å². The molecule has 1 aromatic carbocycles. The third kappa shape index (κ3) is 9.53. The van der Waals surface area contributed by atoms with E-state index in [1.54, 1.807) is 21.5 Å². The molecule has 0 amide bonds. The largest absolute Gasteiger partial charge is 4.00 e. The Hall–Kier alpha value is 0.501. The molecule has 126 valence electrons. The maximum Gasteiger partial charge on any atom is 4.00 e. The molecule has 1 aromatic rings. The van der Waals surface area contributed by atoms with E-state index in [4.69, 9.17) is 0 Å². The summed E-state index contributed by atoms with van der Waals surface area (Å²) in [5.41, 5.74) is 3.25. The number of rotatable bonds is 7. The molecule has 0 fully saturated rings. The third-order valence-corrected chi connectivity index (χ3v) is 5.51. The van der Waals surface area contributed by atoms with E-state index in [1.807, 2.05) is 0 Å². The number of unbranched alkanes of at least 4 members (excludes halogenated alkanes) is 1. The van der Waals surface area contributed by atoms with Crippen molar-refractivity contribution >= 4 is 14.7 Å². The van der Waals surface area contributed by atoms with Crippen molar-refractivity contribution in [1.82, 2.24) is 0 Å². The van der Waals surface area contributed by atoms with Crippen LogP contribution in [0.2, 0.25) is 0 Å². The van der Waals surface area contributed by atoms with Crippen LogP contribution in [0.5, 0.6) is 0 Å². The molecule has 23 heavy (non-hydrogen) atoms. The van der Waals surface area contributed by atoms with Gasteiger partial charge in [0.2, 0.25) is 0 Å². The number of benzene rings is 1. The van der Waals surface area contributed by atoms with Crippen molar-refractivity contribution in [3.05, 3.63) is 52.8 Å². The Kier molecular flexibility index (Phi) is 19.7. The third-order valence-electron chi connectivity index (χ3n) is 3.77. The molecular formula is C18H25Cl3SiTi. The molecule has 0 unspecified atom stereocenters. The topological polar surface area (TPSA) is 0 Å². The normalized spacial score (nSPS) is 12.9. The molecule has 2 rings (SSSR count). The van der Waals surface area contributed by atoms with Gasteiger partial charge in [-0.25, -0.2) is 11.1 Å². The van der Waals surface area contributed by atoms with Gasteiger partial charge in [0.1, 0.15) is 0 Å². The second-order valence-corrected chi connectivity index (χ2v) is 7.53. The number of allylic oxidation sites excluding steroid dienone is 4. The molecule has 0 bridgehead atoms. The van der Waals surface area contributed by atoms with Crippen molar-refractivity contribution in [2.75, 3.05) is 0 Å². The van der Waals surface area contributed by atoms with E-state index in [1.165, 1.54) is 38.5 Å². The van der Waals surface area contributed by atoms with Crippen molar-refractivity contribution in [3.63, 3.8) is 0 Å². The second-order valence-electron chi connectivity index (χ2n) is 5.50. The summed E-state index contributed by atoms with van der Waals surface area (Å²) >= 11 is 0. The summed E-state index contributed by atoms with van der Waals surface area (Å²) in [4.78, 5) is 0. The van der Waals surface area contributed by atoms with Gasteiger partial charge in [0.25, 0.3) is 0 Å².